The fourth-order valence-corrected chi connectivity index (χ4v) is 7.86. The van der Waals surface area contributed by atoms with Crippen LogP contribution >= 0.6 is 0 Å². The third-order valence-electron chi connectivity index (χ3n) is 9.86. The third-order valence-corrected chi connectivity index (χ3v) is 9.86. The molecule has 0 aliphatic carbocycles. The van der Waals surface area contributed by atoms with Crippen LogP contribution < -0.4 is 0 Å². The van der Waals surface area contributed by atoms with Gasteiger partial charge in [-0.25, -0.2) is 0 Å². The van der Waals surface area contributed by atoms with E-state index in [2.05, 4.69) is 118 Å². The van der Waals surface area contributed by atoms with Crippen LogP contribution in [0.25, 0.3) is 0 Å². The van der Waals surface area contributed by atoms with Gasteiger partial charge < -0.3 is 10.2 Å². The molecule has 2 heteroatoms. The first-order valence-corrected chi connectivity index (χ1v) is 15.4. The molecule has 0 heterocycles. The maximum atomic E-state index is 10.8. The van der Waals surface area contributed by atoms with E-state index in [4.69, 9.17) is 0 Å². The summed E-state index contributed by atoms with van der Waals surface area (Å²) < 4.78 is 0. The lowest BCUT2D eigenvalue weighted by molar-refractivity contribution is 0.0476. The smallest absolute Gasteiger partial charge is 0.0805 e. The van der Waals surface area contributed by atoms with Crippen molar-refractivity contribution >= 4 is 0 Å². The number of hydrogen-bond acceptors (Lipinski definition) is 2. The summed E-state index contributed by atoms with van der Waals surface area (Å²) in [7, 11) is 0. The van der Waals surface area contributed by atoms with E-state index in [-0.39, 0.29) is 44.5 Å². The summed E-state index contributed by atoms with van der Waals surface area (Å²) in [5.41, 5.74) is -2.75. The minimum atomic E-state index is -0.983. The van der Waals surface area contributed by atoms with Crippen molar-refractivity contribution in [3.8, 4) is 0 Å². The van der Waals surface area contributed by atoms with Crippen LogP contribution in [0.5, 0.6) is 0 Å². The predicted octanol–water partition coefficient (Wildman–Crippen LogP) is 11.0. The van der Waals surface area contributed by atoms with Crippen LogP contribution in [0.3, 0.4) is 0 Å². The normalized spacial score (nSPS) is 23.2. The molecule has 0 bridgehead atoms. The van der Waals surface area contributed by atoms with Crippen molar-refractivity contribution in [1.82, 2.24) is 0 Å². The Morgan fingerprint density at radius 2 is 0.548 bits per heavy atom. The number of hydrogen-bond donors (Lipinski definition) is 2. The Balaban J connectivity index is 6.29. The van der Waals surface area contributed by atoms with Crippen LogP contribution in [0.2, 0.25) is 0 Å². The molecule has 0 fully saturated rings. The molecule has 0 aliphatic rings. The quantitative estimate of drug-likeness (QED) is 0.118. The SMILES string of the molecule is C=CC(C)(O)CC(C)(C=C)CC(C)(C=C)CC(C)(C=C)CC(C)(C=C)CC(C)(C=C)CC(C)(C=C)CC(C)(C=C)CO. The van der Waals surface area contributed by atoms with E-state index < -0.39 is 5.60 Å². The molecule has 0 aromatic heterocycles. The molecule has 2 nitrogen and oxygen atoms in total. The molecule has 0 rings (SSSR count). The molecule has 0 aromatic carbocycles. The number of aliphatic hydroxyl groups is 2. The van der Waals surface area contributed by atoms with Gasteiger partial charge in [-0.2, -0.15) is 0 Å². The van der Waals surface area contributed by atoms with Crippen molar-refractivity contribution in [2.75, 3.05) is 6.61 Å². The molecule has 0 saturated heterocycles. The summed E-state index contributed by atoms with van der Waals surface area (Å²) in [5.74, 6) is 0. The van der Waals surface area contributed by atoms with Crippen LogP contribution in [-0.4, -0.2) is 22.4 Å². The van der Waals surface area contributed by atoms with E-state index in [0.29, 0.717) is 6.42 Å². The Morgan fingerprint density at radius 3 is 0.714 bits per heavy atom. The number of allylic oxidation sites excluding steroid dienone is 6. The second kappa shape index (κ2) is 14.5. The second-order valence-corrected chi connectivity index (χ2v) is 16.0. The van der Waals surface area contributed by atoms with Crippen molar-refractivity contribution in [2.24, 2.45) is 37.9 Å². The molecule has 8 atom stereocenters. The zero-order chi connectivity index (χ0) is 33.3. The van der Waals surface area contributed by atoms with Gasteiger partial charge in [0.1, 0.15) is 0 Å². The average Bonchev–Trinajstić information content (AvgIpc) is 2.92. The maximum absolute atomic E-state index is 10.8. The standard InChI is InChI=1S/C40H66O2/c1-17-33(9,26-35(11,19-3)28-37(13,21-5)30-39(15,23-7)32-41)25-34(10,18-2)27-36(12,20-4)29-38(14,22-6)31-40(16,42)24-8/h17-24,41-42H,1-8,25-32H2,9-16H3. The first-order valence-electron chi connectivity index (χ1n) is 15.4. The van der Waals surface area contributed by atoms with Gasteiger partial charge >= 0.3 is 0 Å². The Bertz CT molecular complexity index is 1000. The van der Waals surface area contributed by atoms with E-state index >= 15 is 0 Å². The molecule has 2 N–H and O–H groups in total. The highest BCUT2D eigenvalue weighted by atomic mass is 16.3. The van der Waals surface area contributed by atoms with Crippen LogP contribution in [0.4, 0.5) is 0 Å². The van der Waals surface area contributed by atoms with Crippen molar-refractivity contribution in [2.45, 2.75) is 106 Å². The second-order valence-electron chi connectivity index (χ2n) is 16.0. The van der Waals surface area contributed by atoms with Crippen LogP contribution in [0.1, 0.15) is 100 Å². The van der Waals surface area contributed by atoms with E-state index in [9.17, 15) is 10.2 Å². The summed E-state index contributed by atoms with van der Waals surface area (Å²) >= 11 is 0. The third kappa shape index (κ3) is 11.5. The Hall–Kier alpha value is -2.16. The lowest BCUT2D eigenvalue weighted by Gasteiger charge is -2.47. The number of aliphatic hydroxyl groups excluding tert-OH is 1. The van der Waals surface area contributed by atoms with E-state index in [1.54, 1.807) is 13.0 Å². The monoisotopic (exact) mass is 579 g/mol. The topological polar surface area (TPSA) is 40.5 Å². The van der Waals surface area contributed by atoms with Gasteiger partial charge in [0.2, 0.25) is 0 Å². The zero-order valence-electron chi connectivity index (χ0n) is 28.8. The molecule has 0 spiro atoms. The minimum Gasteiger partial charge on any atom is -0.395 e. The highest BCUT2D eigenvalue weighted by Gasteiger charge is 2.44. The van der Waals surface area contributed by atoms with E-state index in [1.165, 1.54) is 0 Å². The van der Waals surface area contributed by atoms with Crippen molar-refractivity contribution < 1.29 is 10.2 Å². The number of rotatable bonds is 23. The molecule has 8 unspecified atom stereocenters. The lowest BCUT2D eigenvalue weighted by atomic mass is 9.57. The zero-order valence-corrected chi connectivity index (χ0v) is 28.8. The molecule has 0 amide bonds. The molecular formula is C40H66O2. The van der Waals surface area contributed by atoms with Crippen LogP contribution in [-0.2, 0) is 0 Å². The molecule has 0 saturated carbocycles. The molecule has 0 aliphatic heterocycles. The van der Waals surface area contributed by atoms with Gasteiger partial charge in [-0.15, -0.1) is 52.6 Å². The summed E-state index contributed by atoms with van der Waals surface area (Å²) in [6.07, 6.45) is 21.3. The molecule has 238 valence electrons. The van der Waals surface area contributed by atoms with Crippen molar-refractivity contribution in [1.29, 1.82) is 0 Å². The fourth-order valence-electron chi connectivity index (χ4n) is 7.86. The fraction of sp³-hybridized carbons (Fsp3) is 0.600. The largest absolute Gasteiger partial charge is 0.395 e. The maximum Gasteiger partial charge on any atom is 0.0805 e. The van der Waals surface area contributed by atoms with Gasteiger partial charge in [-0.3, -0.25) is 0 Å². The Morgan fingerprint density at radius 1 is 0.357 bits per heavy atom. The van der Waals surface area contributed by atoms with Crippen molar-refractivity contribution in [3.63, 3.8) is 0 Å². The summed E-state index contributed by atoms with van der Waals surface area (Å²) in [6, 6.07) is 0. The summed E-state index contributed by atoms with van der Waals surface area (Å²) in [4.78, 5) is 0. The van der Waals surface area contributed by atoms with E-state index in [0.717, 1.165) is 38.5 Å². The Kier molecular flexibility index (Phi) is 13.8. The molecule has 0 radical (unpaired) electrons. The van der Waals surface area contributed by atoms with Crippen molar-refractivity contribution in [3.05, 3.63) is 101 Å². The minimum absolute atomic E-state index is 0.0465. The Labute approximate surface area is 261 Å². The van der Waals surface area contributed by atoms with Gasteiger partial charge in [-0.1, -0.05) is 97.1 Å². The van der Waals surface area contributed by atoms with Gasteiger partial charge in [0, 0.05) is 5.41 Å². The van der Waals surface area contributed by atoms with Gasteiger partial charge in [0.05, 0.1) is 12.2 Å². The predicted molar refractivity (Wildman–Crippen MR) is 188 cm³/mol. The van der Waals surface area contributed by atoms with Gasteiger partial charge in [-0.05, 0) is 84.4 Å². The van der Waals surface area contributed by atoms with Crippen LogP contribution in [0.15, 0.2) is 101 Å². The summed E-state index contributed by atoms with van der Waals surface area (Å²) in [6.45, 7) is 50.6. The average molecular weight is 579 g/mol. The van der Waals surface area contributed by atoms with Gasteiger partial charge in [0.15, 0.2) is 0 Å². The first kappa shape index (κ1) is 39.8. The first-order chi connectivity index (χ1) is 19.0. The highest BCUT2D eigenvalue weighted by Crippen LogP contribution is 2.54. The molecule has 42 heavy (non-hydrogen) atoms. The summed E-state index contributed by atoms with van der Waals surface area (Å²) in [5, 5.41) is 20.9. The lowest BCUT2D eigenvalue weighted by Crippen LogP contribution is -2.38. The van der Waals surface area contributed by atoms with Gasteiger partial charge in [0.25, 0.3) is 0 Å². The highest BCUT2D eigenvalue weighted by molar-refractivity contribution is 5.13. The van der Waals surface area contributed by atoms with E-state index in [1.807, 2.05) is 25.2 Å². The molecular weight excluding hydrogens is 512 g/mol. The molecule has 0 aromatic rings. The van der Waals surface area contributed by atoms with Crippen LogP contribution in [0, 0.1) is 37.9 Å².